The number of hydrogen-bond acceptors (Lipinski definition) is 4. The summed E-state index contributed by atoms with van der Waals surface area (Å²) in [5.74, 6) is 1.13. The minimum absolute atomic E-state index is 0.0226. The van der Waals surface area contributed by atoms with E-state index in [9.17, 15) is 4.79 Å². The summed E-state index contributed by atoms with van der Waals surface area (Å²) >= 11 is 0. The summed E-state index contributed by atoms with van der Waals surface area (Å²) in [5.41, 5.74) is 0.146. The molecule has 0 aromatic carbocycles. The molecule has 0 N–H and O–H groups in total. The first kappa shape index (κ1) is 17.7. The molecule has 1 atom stereocenters. The lowest BCUT2D eigenvalue weighted by molar-refractivity contribution is -0.150. The van der Waals surface area contributed by atoms with E-state index >= 15 is 0 Å². The third kappa shape index (κ3) is 4.95. The van der Waals surface area contributed by atoms with E-state index in [0.717, 1.165) is 18.8 Å². The molecule has 1 unspecified atom stereocenters. The van der Waals surface area contributed by atoms with Crippen molar-refractivity contribution in [1.29, 1.82) is 0 Å². The molecular formula is C18H32O4. The van der Waals surface area contributed by atoms with Crippen LogP contribution in [-0.2, 0) is 19.0 Å². The fourth-order valence-electron chi connectivity index (χ4n) is 3.45. The first-order chi connectivity index (χ1) is 10.5. The van der Waals surface area contributed by atoms with Gasteiger partial charge in [0.05, 0.1) is 18.1 Å². The maximum absolute atomic E-state index is 11.7. The normalized spacial score (nSPS) is 28.3. The molecule has 0 aromatic rings. The first-order valence-corrected chi connectivity index (χ1v) is 8.91. The quantitative estimate of drug-likeness (QED) is 0.348. The summed E-state index contributed by atoms with van der Waals surface area (Å²) in [5, 5.41) is 0. The summed E-state index contributed by atoms with van der Waals surface area (Å²) in [6.07, 6.45) is 8.09. The Labute approximate surface area is 134 Å². The van der Waals surface area contributed by atoms with Crippen molar-refractivity contribution in [2.24, 2.45) is 17.8 Å². The molecule has 0 aromatic heterocycles. The van der Waals surface area contributed by atoms with Crippen LogP contribution in [0.1, 0.15) is 65.7 Å². The third-order valence-electron chi connectivity index (χ3n) is 5.42. The number of fused-ring (bicyclic) bond motifs is 2. The lowest BCUT2D eigenvalue weighted by Gasteiger charge is -2.26. The SMILES string of the molecule is CC(C)C(C)C(=O)OCCCCOCOC12CCC(CC1)C2. The number of carbonyl (C=O) groups excluding carboxylic acids is 1. The molecule has 0 aliphatic heterocycles. The highest BCUT2D eigenvalue weighted by Gasteiger charge is 2.45. The van der Waals surface area contributed by atoms with Crippen LogP contribution in [0.25, 0.3) is 0 Å². The van der Waals surface area contributed by atoms with Crippen LogP contribution in [0.15, 0.2) is 0 Å². The molecule has 0 radical (unpaired) electrons. The number of ether oxygens (including phenoxy) is 3. The highest BCUT2D eigenvalue weighted by molar-refractivity contribution is 5.72. The average Bonchev–Trinajstić information content (AvgIpc) is 3.09. The van der Waals surface area contributed by atoms with E-state index in [4.69, 9.17) is 14.2 Å². The van der Waals surface area contributed by atoms with E-state index in [0.29, 0.717) is 25.9 Å². The molecule has 128 valence electrons. The number of hydrogen-bond donors (Lipinski definition) is 0. The van der Waals surface area contributed by atoms with Gasteiger partial charge in [0.2, 0.25) is 0 Å². The van der Waals surface area contributed by atoms with Crippen molar-refractivity contribution in [3.63, 3.8) is 0 Å². The van der Waals surface area contributed by atoms with Crippen molar-refractivity contribution in [3.05, 3.63) is 0 Å². The smallest absolute Gasteiger partial charge is 0.308 e. The zero-order valence-corrected chi connectivity index (χ0v) is 14.4. The fraction of sp³-hybridized carbons (Fsp3) is 0.944. The van der Waals surface area contributed by atoms with Gasteiger partial charge in [0.15, 0.2) is 0 Å². The van der Waals surface area contributed by atoms with Gasteiger partial charge in [-0.2, -0.15) is 0 Å². The minimum Gasteiger partial charge on any atom is -0.465 e. The lowest BCUT2D eigenvalue weighted by Crippen LogP contribution is -2.28. The first-order valence-electron chi connectivity index (χ1n) is 8.91. The number of rotatable bonds is 10. The zero-order chi connectivity index (χ0) is 16.0. The topological polar surface area (TPSA) is 44.8 Å². The maximum Gasteiger partial charge on any atom is 0.308 e. The minimum atomic E-state index is -0.0876. The highest BCUT2D eigenvalue weighted by atomic mass is 16.7. The zero-order valence-electron chi connectivity index (χ0n) is 14.4. The van der Waals surface area contributed by atoms with E-state index in [-0.39, 0.29) is 17.5 Å². The van der Waals surface area contributed by atoms with Gasteiger partial charge in [0.25, 0.3) is 0 Å². The molecule has 0 heterocycles. The molecule has 4 heteroatoms. The molecule has 0 saturated heterocycles. The van der Waals surface area contributed by atoms with Crippen LogP contribution in [0.5, 0.6) is 0 Å². The van der Waals surface area contributed by atoms with Gasteiger partial charge in [-0.25, -0.2) is 0 Å². The number of esters is 1. The van der Waals surface area contributed by atoms with E-state index < -0.39 is 0 Å². The van der Waals surface area contributed by atoms with Crippen molar-refractivity contribution < 1.29 is 19.0 Å². The lowest BCUT2D eigenvalue weighted by atomic mass is 9.97. The molecule has 2 saturated carbocycles. The average molecular weight is 312 g/mol. The highest BCUT2D eigenvalue weighted by Crippen LogP contribution is 2.49. The molecule has 2 aliphatic rings. The van der Waals surface area contributed by atoms with Gasteiger partial charge in [-0.05, 0) is 56.8 Å². The van der Waals surface area contributed by atoms with Crippen LogP contribution in [0.4, 0.5) is 0 Å². The summed E-state index contributed by atoms with van der Waals surface area (Å²) in [4.78, 5) is 11.7. The fourth-order valence-corrected chi connectivity index (χ4v) is 3.45. The summed E-state index contributed by atoms with van der Waals surface area (Å²) in [6, 6.07) is 0. The largest absolute Gasteiger partial charge is 0.465 e. The van der Waals surface area contributed by atoms with E-state index in [1.807, 2.05) is 20.8 Å². The van der Waals surface area contributed by atoms with Crippen LogP contribution in [0.3, 0.4) is 0 Å². The Balaban J connectivity index is 1.42. The molecule has 2 fully saturated rings. The van der Waals surface area contributed by atoms with Gasteiger partial charge in [-0.3, -0.25) is 4.79 Å². The summed E-state index contributed by atoms with van der Waals surface area (Å²) < 4.78 is 16.8. The Morgan fingerprint density at radius 3 is 2.41 bits per heavy atom. The van der Waals surface area contributed by atoms with E-state index in [1.54, 1.807) is 0 Å². The molecule has 2 rings (SSSR count). The molecule has 22 heavy (non-hydrogen) atoms. The van der Waals surface area contributed by atoms with Crippen LogP contribution >= 0.6 is 0 Å². The predicted octanol–water partition coefficient (Wildman–Crippen LogP) is 3.93. The molecule has 0 spiro atoms. The van der Waals surface area contributed by atoms with Crippen LogP contribution in [0, 0.1) is 17.8 Å². The molecule has 2 bridgehead atoms. The predicted molar refractivity (Wildman–Crippen MR) is 85.4 cm³/mol. The van der Waals surface area contributed by atoms with Gasteiger partial charge in [0.1, 0.15) is 6.79 Å². The van der Waals surface area contributed by atoms with Gasteiger partial charge < -0.3 is 14.2 Å². The van der Waals surface area contributed by atoms with Crippen molar-refractivity contribution in [1.82, 2.24) is 0 Å². The van der Waals surface area contributed by atoms with Gasteiger partial charge >= 0.3 is 5.97 Å². The van der Waals surface area contributed by atoms with E-state index in [1.165, 1.54) is 32.1 Å². The van der Waals surface area contributed by atoms with Crippen molar-refractivity contribution in [2.75, 3.05) is 20.0 Å². The van der Waals surface area contributed by atoms with Crippen LogP contribution in [-0.4, -0.2) is 31.6 Å². The van der Waals surface area contributed by atoms with Gasteiger partial charge in [-0.1, -0.05) is 20.8 Å². The Morgan fingerprint density at radius 1 is 1.14 bits per heavy atom. The Kier molecular flexibility index (Phi) is 6.69. The third-order valence-corrected chi connectivity index (χ3v) is 5.42. The number of carbonyl (C=O) groups is 1. The summed E-state index contributed by atoms with van der Waals surface area (Å²) in [7, 11) is 0. The second-order valence-corrected chi connectivity index (χ2v) is 7.41. The maximum atomic E-state index is 11.7. The number of unbranched alkanes of at least 4 members (excludes halogenated alkanes) is 1. The van der Waals surface area contributed by atoms with Crippen LogP contribution < -0.4 is 0 Å². The van der Waals surface area contributed by atoms with Crippen molar-refractivity contribution >= 4 is 5.97 Å². The van der Waals surface area contributed by atoms with Gasteiger partial charge in [-0.15, -0.1) is 0 Å². The Bertz CT molecular complexity index is 345. The van der Waals surface area contributed by atoms with Crippen molar-refractivity contribution in [2.45, 2.75) is 71.3 Å². The standard InChI is InChI=1S/C18H32O4/c1-14(2)15(3)17(19)21-11-5-4-10-20-13-22-18-8-6-16(12-18)7-9-18/h14-16H,4-13H2,1-3H3. The summed E-state index contributed by atoms with van der Waals surface area (Å²) in [6.45, 7) is 7.58. The molecule has 2 aliphatic carbocycles. The molecule has 0 amide bonds. The second-order valence-electron chi connectivity index (χ2n) is 7.41. The van der Waals surface area contributed by atoms with Crippen LogP contribution in [0.2, 0.25) is 0 Å². The molecular weight excluding hydrogens is 280 g/mol. The Hall–Kier alpha value is -0.610. The van der Waals surface area contributed by atoms with Gasteiger partial charge in [0, 0.05) is 6.61 Å². The second kappa shape index (κ2) is 8.30. The molecule has 4 nitrogen and oxygen atoms in total. The van der Waals surface area contributed by atoms with Crippen molar-refractivity contribution in [3.8, 4) is 0 Å². The van der Waals surface area contributed by atoms with E-state index in [2.05, 4.69) is 0 Å². The monoisotopic (exact) mass is 312 g/mol. The Morgan fingerprint density at radius 2 is 1.82 bits per heavy atom.